The van der Waals surface area contributed by atoms with Crippen LogP contribution in [-0.2, 0) is 0 Å². The number of pyridine rings is 1. The zero-order chi connectivity index (χ0) is 16.3. The molecule has 2 aromatic rings. The number of aromatic nitrogens is 1. The third-order valence-corrected chi connectivity index (χ3v) is 3.37. The minimum absolute atomic E-state index is 0.0165. The standard InChI is InChI=1S/C16H19N3O3/c1-10(2)19-14(11-5-4-6-12(9-11)22-3)8-7-13(16(19)21)15(20)18-17/h4-10H,17H2,1-3H3,(H,18,20). The molecule has 6 heteroatoms. The van der Waals surface area contributed by atoms with Gasteiger partial charge in [-0.3, -0.25) is 15.0 Å². The molecular weight excluding hydrogens is 282 g/mol. The van der Waals surface area contributed by atoms with E-state index in [0.29, 0.717) is 11.4 Å². The lowest BCUT2D eigenvalue weighted by Crippen LogP contribution is -2.37. The minimum Gasteiger partial charge on any atom is -0.497 e. The van der Waals surface area contributed by atoms with Gasteiger partial charge in [0, 0.05) is 11.6 Å². The minimum atomic E-state index is -0.600. The number of nitrogens with two attached hydrogens (primary N) is 1. The number of amides is 1. The van der Waals surface area contributed by atoms with Crippen molar-refractivity contribution in [1.82, 2.24) is 9.99 Å². The summed E-state index contributed by atoms with van der Waals surface area (Å²) in [6.07, 6.45) is 0. The van der Waals surface area contributed by atoms with E-state index in [1.165, 1.54) is 6.07 Å². The van der Waals surface area contributed by atoms with Gasteiger partial charge in [-0.25, -0.2) is 5.84 Å². The molecule has 0 aliphatic carbocycles. The van der Waals surface area contributed by atoms with E-state index in [9.17, 15) is 9.59 Å². The first-order valence-corrected chi connectivity index (χ1v) is 6.90. The number of nitrogens with one attached hydrogen (secondary N) is 1. The first kappa shape index (κ1) is 15.8. The van der Waals surface area contributed by atoms with Crippen molar-refractivity contribution < 1.29 is 9.53 Å². The van der Waals surface area contributed by atoms with Crippen molar-refractivity contribution in [2.45, 2.75) is 19.9 Å². The molecule has 0 aliphatic heterocycles. The molecule has 1 aromatic carbocycles. The Hall–Kier alpha value is -2.60. The molecule has 0 saturated carbocycles. The first-order chi connectivity index (χ1) is 10.5. The van der Waals surface area contributed by atoms with Crippen LogP contribution in [-0.4, -0.2) is 17.6 Å². The summed E-state index contributed by atoms with van der Waals surface area (Å²) in [5.74, 6) is 5.22. The Balaban J connectivity index is 2.69. The maximum atomic E-state index is 12.6. The predicted octanol–water partition coefficient (Wildman–Crippen LogP) is 1.71. The van der Waals surface area contributed by atoms with E-state index in [0.717, 1.165) is 5.56 Å². The molecule has 0 fully saturated rings. The van der Waals surface area contributed by atoms with Crippen molar-refractivity contribution in [3.05, 3.63) is 52.3 Å². The van der Waals surface area contributed by atoms with Crippen molar-refractivity contribution >= 4 is 5.91 Å². The molecule has 0 radical (unpaired) electrons. The highest BCUT2D eigenvalue weighted by Gasteiger charge is 2.17. The molecule has 0 spiro atoms. The Morgan fingerprint density at radius 3 is 2.59 bits per heavy atom. The Morgan fingerprint density at radius 1 is 1.27 bits per heavy atom. The van der Waals surface area contributed by atoms with Crippen LogP contribution >= 0.6 is 0 Å². The summed E-state index contributed by atoms with van der Waals surface area (Å²) in [5.41, 5.74) is 3.19. The van der Waals surface area contributed by atoms with Crippen molar-refractivity contribution in [3.63, 3.8) is 0 Å². The number of hydrogen-bond acceptors (Lipinski definition) is 4. The van der Waals surface area contributed by atoms with E-state index in [1.807, 2.05) is 43.5 Å². The van der Waals surface area contributed by atoms with Gasteiger partial charge in [-0.2, -0.15) is 0 Å². The highest BCUT2D eigenvalue weighted by molar-refractivity contribution is 5.93. The number of carbonyl (C=O) groups excluding carboxylic acids is 1. The SMILES string of the molecule is COc1cccc(-c2ccc(C(=O)NN)c(=O)n2C(C)C)c1. The van der Waals surface area contributed by atoms with E-state index < -0.39 is 5.91 Å². The highest BCUT2D eigenvalue weighted by Crippen LogP contribution is 2.25. The Bertz CT molecular complexity index is 751. The summed E-state index contributed by atoms with van der Waals surface area (Å²) in [4.78, 5) is 24.3. The second kappa shape index (κ2) is 6.44. The van der Waals surface area contributed by atoms with Crippen molar-refractivity contribution in [1.29, 1.82) is 0 Å². The average molecular weight is 301 g/mol. The lowest BCUT2D eigenvalue weighted by Gasteiger charge is -2.18. The van der Waals surface area contributed by atoms with Crippen LogP contribution in [0.5, 0.6) is 5.75 Å². The van der Waals surface area contributed by atoms with Crippen molar-refractivity contribution in [3.8, 4) is 17.0 Å². The van der Waals surface area contributed by atoms with Crippen LogP contribution in [0.4, 0.5) is 0 Å². The second-order valence-electron chi connectivity index (χ2n) is 5.11. The number of hydrazine groups is 1. The van der Waals surface area contributed by atoms with Gasteiger partial charge in [0.1, 0.15) is 11.3 Å². The van der Waals surface area contributed by atoms with Gasteiger partial charge in [-0.1, -0.05) is 12.1 Å². The van der Waals surface area contributed by atoms with Gasteiger partial charge in [0.25, 0.3) is 11.5 Å². The average Bonchev–Trinajstić information content (AvgIpc) is 2.53. The van der Waals surface area contributed by atoms with E-state index in [-0.39, 0.29) is 17.2 Å². The third kappa shape index (κ3) is 2.87. The number of nitrogens with zero attached hydrogens (tertiary/aromatic N) is 1. The fourth-order valence-electron chi connectivity index (χ4n) is 2.33. The smallest absolute Gasteiger partial charge is 0.270 e. The Labute approximate surface area is 128 Å². The molecule has 22 heavy (non-hydrogen) atoms. The van der Waals surface area contributed by atoms with E-state index in [1.54, 1.807) is 17.7 Å². The quantitative estimate of drug-likeness (QED) is 0.511. The summed E-state index contributed by atoms with van der Waals surface area (Å²) in [7, 11) is 1.59. The molecule has 3 N–H and O–H groups in total. The number of methoxy groups -OCH3 is 1. The van der Waals surface area contributed by atoms with Gasteiger partial charge >= 0.3 is 0 Å². The number of rotatable bonds is 4. The molecule has 2 rings (SSSR count). The van der Waals surface area contributed by atoms with Crippen LogP contribution < -0.4 is 21.6 Å². The highest BCUT2D eigenvalue weighted by atomic mass is 16.5. The van der Waals surface area contributed by atoms with Crippen molar-refractivity contribution in [2.24, 2.45) is 5.84 Å². The second-order valence-corrected chi connectivity index (χ2v) is 5.11. The maximum Gasteiger partial charge on any atom is 0.270 e. The van der Waals surface area contributed by atoms with Crippen LogP contribution in [0, 0.1) is 0 Å². The number of carbonyl (C=O) groups is 1. The number of ether oxygens (including phenoxy) is 1. The zero-order valence-electron chi connectivity index (χ0n) is 12.8. The molecule has 0 atom stereocenters. The monoisotopic (exact) mass is 301 g/mol. The predicted molar refractivity (Wildman–Crippen MR) is 84.7 cm³/mol. The Morgan fingerprint density at radius 2 is 2.00 bits per heavy atom. The molecular formula is C16H19N3O3. The summed E-state index contributed by atoms with van der Waals surface area (Å²) in [6, 6.07) is 10.5. The summed E-state index contributed by atoms with van der Waals surface area (Å²) >= 11 is 0. The number of nitrogen functional groups attached to an aromatic ring is 1. The molecule has 116 valence electrons. The molecule has 1 amide bonds. The molecule has 0 aliphatic rings. The van der Waals surface area contributed by atoms with Gasteiger partial charge in [0.15, 0.2) is 0 Å². The molecule has 1 heterocycles. The fraction of sp³-hybridized carbons (Fsp3) is 0.250. The van der Waals surface area contributed by atoms with Gasteiger partial charge in [-0.05, 0) is 38.1 Å². The normalized spacial score (nSPS) is 10.6. The maximum absolute atomic E-state index is 12.6. The number of hydrogen-bond donors (Lipinski definition) is 2. The van der Waals surface area contributed by atoms with Gasteiger partial charge in [0.05, 0.1) is 12.8 Å². The van der Waals surface area contributed by atoms with Gasteiger partial charge in [0.2, 0.25) is 0 Å². The first-order valence-electron chi connectivity index (χ1n) is 6.90. The van der Waals surface area contributed by atoms with Crippen LogP contribution in [0.15, 0.2) is 41.2 Å². The van der Waals surface area contributed by atoms with Gasteiger partial charge < -0.3 is 9.30 Å². The van der Waals surface area contributed by atoms with E-state index in [2.05, 4.69) is 0 Å². The number of benzene rings is 1. The van der Waals surface area contributed by atoms with Crippen LogP contribution in [0.1, 0.15) is 30.2 Å². The summed E-state index contributed by atoms with van der Waals surface area (Å²) in [5, 5.41) is 0. The lowest BCUT2D eigenvalue weighted by molar-refractivity contribution is 0.0951. The molecule has 0 bridgehead atoms. The molecule has 1 aromatic heterocycles. The largest absolute Gasteiger partial charge is 0.497 e. The Kier molecular flexibility index (Phi) is 4.62. The fourth-order valence-corrected chi connectivity index (χ4v) is 2.33. The van der Waals surface area contributed by atoms with E-state index in [4.69, 9.17) is 10.6 Å². The summed E-state index contributed by atoms with van der Waals surface area (Å²) < 4.78 is 6.79. The van der Waals surface area contributed by atoms with Crippen LogP contribution in [0.25, 0.3) is 11.3 Å². The topological polar surface area (TPSA) is 86.3 Å². The van der Waals surface area contributed by atoms with Gasteiger partial charge in [-0.15, -0.1) is 0 Å². The molecule has 6 nitrogen and oxygen atoms in total. The molecule has 0 saturated heterocycles. The molecule has 0 unspecified atom stereocenters. The zero-order valence-corrected chi connectivity index (χ0v) is 12.8. The van der Waals surface area contributed by atoms with E-state index >= 15 is 0 Å². The van der Waals surface area contributed by atoms with Crippen LogP contribution in [0.2, 0.25) is 0 Å². The lowest BCUT2D eigenvalue weighted by atomic mass is 10.1. The van der Waals surface area contributed by atoms with Crippen molar-refractivity contribution in [2.75, 3.05) is 7.11 Å². The summed E-state index contributed by atoms with van der Waals surface area (Å²) in [6.45, 7) is 3.77. The van der Waals surface area contributed by atoms with Crippen LogP contribution in [0.3, 0.4) is 0 Å². The third-order valence-electron chi connectivity index (χ3n) is 3.37.